The molecular formula is C29H23F3N2O4S. The maximum Gasteiger partial charge on any atom is 0.416 e. The summed E-state index contributed by atoms with van der Waals surface area (Å²) in [5.74, 6) is -0.517. The molecule has 0 radical (unpaired) electrons. The van der Waals surface area contributed by atoms with Crippen LogP contribution in [0.5, 0.6) is 5.75 Å². The SMILES string of the molecule is O=C(NCc1ccccc1O)[C@@H]1Cc2ccccc2N1S(=O)(=O)c1ccc(-c2cccc(C(F)(F)F)c2)cc1. The number of hydrogen-bond donors (Lipinski definition) is 2. The molecule has 39 heavy (non-hydrogen) atoms. The first-order valence-corrected chi connectivity index (χ1v) is 13.4. The van der Waals surface area contributed by atoms with Gasteiger partial charge < -0.3 is 10.4 Å². The molecule has 10 heteroatoms. The van der Waals surface area contributed by atoms with E-state index in [1.807, 2.05) is 0 Å². The summed E-state index contributed by atoms with van der Waals surface area (Å²) in [6, 6.07) is 22.6. The van der Waals surface area contributed by atoms with E-state index in [0.717, 1.165) is 16.4 Å². The van der Waals surface area contributed by atoms with Crippen molar-refractivity contribution in [3.05, 3.63) is 114 Å². The molecule has 0 aromatic heterocycles. The fraction of sp³-hybridized carbons (Fsp3) is 0.138. The Kier molecular flexibility index (Phi) is 6.82. The van der Waals surface area contributed by atoms with E-state index in [0.29, 0.717) is 27.9 Å². The third kappa shape index (κ3) is 5.20. The average molecular weight is 553 g/mol. The van der Waals surface area contributed by atoms with Crippen molar-refractivity contribution in [2.45, 2.75) is 30.1 Å². The minimum atomic E-state index is -4.50. The number of hydrogen-bond acceptors (Lipinski definition) is 4. The quantitative estimate of drug-likeness (QED) is 0.330. The Balaban J connectivity index is 1.44. The molecule has 0 saturated carbocycles. The van der Waals surface area contributed by atoms with Crippen molar-refractivity contribution in [3.8, 4) is 16.9 Å². The number of phenolic OH excluding ortho intramolecular Hbond substituents is 1. The highest BCUT2D eigenvalue weighted by Crippen LogP contribution is 2.38. The molecule has 0 unspecified atom stereocenters. The van der Waals surface area contributed by atoms with Gasteiger partial charge in [0.1, 0.15) is 11.8 Å². The minimum Gasteiger partial charge on any atom is -0.508 e. The summed E-state index contributed by atoms with van der Waals surface area (Å²) in [6.45, 7) is 0.0118. The van der Waals surface area contributed by atoms with Crippen LogP contribution >= 0.6 is 0 Å². The Bertz CT molecular complexity index is 1640. The van der Waals surface area contributed by atoms with E-state index in [2.05, 4.69) is 5.32 Å². The maximum absolute atomic E-state index is 13.8. The number of para-hydroxylation sites is 2. The van der Waals surface area contributed by atoms with Gasteiger partial charge >= 0.3 is 6.18 Å². The fourth-order valence-corrected chi connectivity index (χ4v) is 6.27. The Labute approximate surface area is 223 Å². The summed E-state index contributed by atoms with van der Waals surface area (Å²) < 4.78 is 68.2. The van der Waals surface area contributed by atoms with E-state index < -0.39 is 33.7 Å². The Hall–Kier alpha value is -4.31. The number of carbonyl (C=O) groups excluding carboxylic acids is 1. The zero-order valence-electron chi connectivity index (χ0n) is 20.4. The lowest BCUT2D eigenvalue weighted by Gasteiger charge is -2.26. The molecule has 6 nitrogen and oxygen atoms in total. The van der Waals surface area contributed by atoms with Crippen molar-refractivity contribution in [2.75, 3.05) is 4.31 Å². The number of phenols is 1. The number of fused-ring (bicyclic) bond motifs is 1. The van der Waals surface area contributed by atoms with Crippen molar-refractivity contribution in [1.82, 2.24) is 5.32 Å². The van der Waals surface area contributed by atoms with E-state index in [-0.39, 0.29) is 23.6 Å². The summed E-state index contributed by atoms with van der Waals surface area (Å²) in [5, 5.41) is 12.7. The molecule has 2 N–H and O–H groups in total. The molecule has 1 heterocycles. The lowest BCUT2D eigenvalue weighted by Crippen LogP contribution is -2.47. The number of carbonyl (C=O) groups is 1. The maximum atomic E-state index is 13.8. The first-order valence-electron chi connectivity index (χ1n) is 12.0. The molecule has 0 saturated heterocycles. The first kappa shape index (κ1) is 26.3. The number of alkyl halides is 3. The Morgan fingerprint density at radius 1 is 0.897 bits per heavy atom. The van der Waals surface area contributed by atoms with Gasteiger partial charge in [-0.2, -0.15) is 13.2 Å². The second-order valence-corrected chi connectivity index (χ2v) is 10.9. The molecule has 1 aliphatic heterocycles. The molecular weight excluding hydrogens is 529 g/mol. The molecule has 1 amide bonds. The van der Waals surface area contributed by atoms with Crippen LogP contribution in [0.3, 0.4) is 0 Å². The summed E-state index contributed by atoms with van der Waals surface area (Å²) in [5.41, 5.74) is 1.45. The van der Waals surface area contributed by atoms with Gasteiger partial charge in [0.15, 0.2) is 0 Å². The van der Waals surface area contributed by atoms with Gasteiger partial charge in [-0.15, -0.1) is 0 Å². The second kappa shape index (κ2) is 10.1. The van der Waals surface area contributed by atoms with Crippen molar-refractivity contribution in [3.63, 3.8) is 0 Å². The highest BCUT2D eigenvalue weighted by Gasteiger charge is 2.42. The lowest BCUT2D eigenvalue weighted by atomic mass is 10.0. The van der Waals surface area contributed by atoms with Crippen LogP contribution in [0.1, 0.15) is 16.7 Å². The normalized spacial score (nSPS) is 15.2. The van der Waals surface area contributed by atoms with Crippen LogP contribution in [0, 0.1) is 0 Å². The number of sulfonamides is 1. The van der Waals surface area contributed by atoms with E-state index >= 15 is 0 Å². The second-order valence-electron chi connectivity index (χ2n) is 9.10. The number of halogens is 3. The monoisotopic (exact) mass is 552 g/mol. The molecule has 5 rings (SSSR count). The molecule has 1 aliphatic rings. The number of nitrogens with one attached hydrogen (secondary N) is 1. The fourth-order valence-electron chi connectivity index (χ4n) is 4.62. The minimum absolute atomic E-state index is 0.0118. The molecule has 200 valence electrons. The molecule has 0 aliphatic carbocycles. The van der Waals surface area contributed by atoms with Gasteiger partial charge in [-0.1, -0.05) is 60.7 Å². The zero-order valence-corrected chi connectivity index (χ0v) is 21.2. The smallest absolute Gasteiger partial charge is 0.416 e. The van der Waals surface area contributed by atoms with Crippen LogP contribution in [-0.4, -0.2) is 25.5 Å². The Morgan fingerprint density at radius 3 is 2.31 bits per heavy atom. The summed E-state index contributed by atoms with van der Waals surface area (Å²) in [4.78, 5) is 13.1. The predicted molar refractivity (Wildman–Crippen MR) is 140 cm³/mol. The van der Waals surface area contributed by atoms with Gasteiger partial charge in [0.2, 0.25) is 5.91 Å². The van der Waals surface area contributed by atoms with Crippen LogP contribution in [-0.2, 0) is 34.0 Å². The van der Waals surface area contributed by atoms with Crippen molar-refractivity contribution < 1.29 is 31.5 Å². The molecule has 0 fully saturated rings. The van der Waals surface area contributed by atoms with E-state index in [1.54, 1.807) is 42.5 Å². The number of benzene rings is 4. The van der Waals surface area contributed by atoms with Gasteiger partial charge in [0, 0.05) is 18.5 Å². The van der Waals surface area contributed by atoms with Crippen LogP contribution in [0.2, 0.25) is 0 Å². The topological polar surface area (TPSA) is 86.7 Å². The summed E-state index contributed by atoms with van der Waals surface area (Å²) in [6.07, 6.45) is -4.35. The standard InChI is InChI=1S/C29H23F3N2O4S/c30-29(31,32)23-9-5-8-20(16-23)19-12-14-24(15-13-19)39(37,38)34-25-10-3-1-6-21(25)17-26(34)28(36)33-18-22-7-2-4-11-27(22)35/h1-16,26,35H,17-18H2,(H,33,36)/t26-/m0/s1. The van der Waals surface area contributed by atoms with Crippen molar-refractivity contribution >= 4 is 21.6 Å². The first-order chi connectivity index (χ1) is 18.6. The van der Waals surface area contributed by atoms with E-state index in [4.69, 9.17) is 0 Å². The molecule has 4 aromatic carbocycles. The number of anilines is 1. The zero-order chi connectivity index (χ0) is 27.8. The largest absolute Gasteiger partial charge is 0.508 e. The highest BCUT2D eigenvalue weighted by atomic mass is 32.2. The molecule has 0 bridgehead atoms. The molecule has 1 atom stereocenters. The van der Waals surface area contributed by atoms with Crippen LogP contribution in [0.25, 0.3) is 11.1 Å². The highest BCUT2D eigenvalue weighted by molar-refractivity contribution is 7.93. The lowest BCUT2D eigenvalue weighted by molar-refractivity contribution is -0.137. The van der Waals surface area contributed by atoms with Crippen LogP contribution < -0.4 is 9.62 Å². The van der Waals surface area contributed by atoms with Crippen molar-refractivity contribution in [1.29, 1.82) is 0 Å². The Morgan fingerprint density at radius 2 is 1.59 bits per heavy atom. The number of rotatable bonds is 6. The van der Waals surface area contributed by atoms with Gasteiger partial charge in [-0.3, -0.25) is 9.10 Å². The van der Waals surface area contributed by atoms with Gasteiger partial charge in [-0.05, 0) is 53.1 Å². The predicted octanol–water partition coefficient (Wildman–Crippen LogP) is 5.51. The van der Waals surface area contributed by atoms with E-state index in [9.17, 15) is 31.5 Å². The third-order valence-corrected chi connectivity index (χ3v) is 8.44. The average Bonchev–Trinajstić information content (AvgIpc) is 3.33. The third-order valence-electron chi connectivity index (χ3n) is 6.61. The molecule has 4 aromatic rings. The molecule has 0 spiro atoms. The van der Waals surface area contributed by atoms with Crippen LogP contribution in [0.4, 0.5) is 18.9 Å². The number of nitrogens with zero attached hydrogens (tertiary/aromatic N) is 1. The van der Waals surface area contributed by atoms with Gasteiger partial charge in [0.05, 0.1) is 16.1 Å². The van der Waals surface area contributed by atoms with Crippen LogP contribution in [0.15, 0.2) is 102 Å². The van der Waals surface area contributed by atoms with Gasteiger partial charge in [0.25, 0.3) is 10.0 Å². The summed E-state index contributed by atoms with van der Waals surface area (Å²) in [7, 11) is -4.22. The van der Waals surface area contributed by atoms with E-state index in [1.165, 1.54) is 42.5 Å². The number of aromatic hydroxyl groups is 1. The summed E-state index contributed by atoms with van der Waals surface area (Å²) >= 11 is 0. The number of amides is 1. The van der Waals surface area contributed by atoms with Crippen molar-refractivity contribution in [2.24, 2.45) is 0 Å². The van der Waals surface area contributed by atoms with Gasteiger partial charge in [-0.25, -0.2) is 8.42 Å².